The zero-order valence-electron chi connectivity index (χ0n) is 13.1. The summed E-state index contributed by atoms with van der Waals surface area (Å²) in [5, 5.41) is 4.00. The zero-order chi connectivity index (χ0) is 14.1. The molecular weight excluding hydrogens is 244 g/mol. The number of likely N-dealkylation sites (tertiary alicyclic amines) is 1. The Balaban J connectivity index is 1.70. The number of aryl methyl sites for hydroxylation is 1. The van der Waals surface area contributed by atoms with Gasteiger partial charge in [-0.05, 0) is 57.2 Å². The van der Waals surface area contributed by atoms with Gasteiger partial charge in [-0.25, -0.2) is 0 Å². The normalized spacial score (nSPS) is 29.4. The molecule has 20 heavy (non-hydrogen) atoms. The van der Waals surface area contributed by atoms with Gasteiger partial charge in [0.15, 0.2) is 0 Å². The topological polar surface area (TPSA) is 15.3 Å². The summed E-state index contributed by atoms with van der Waals surface area (Å²) in [7, 11) is 2.24. The number of nitrogens with one attached hydrogen (secondary N) is 1. The van der Waals surface area contributed by atoms with Crippen molar-refractivity contribution in [3.8, 4) is 0 Å². The molecule has 2 fully saturated rings. The highest BCUT2D eigenvalue weighted by molar-refractivity contribution is 5.25. The largest absolute Gasteiger partial charge is 0.307 e. The van der Waals surface area contributed by atoms with Gasteiger partial charge >= 0.3 is 0 Å². The maximum Gasteiger partial charge on any atom is 0.0351 e. The molecular formula is C18H28N2. The van der Waals surface area contributed by atoms with Crippen molar-refractivity contribution in [2.45, 2.75) is 45.2 Å². The molecule has 0 bridgehead atoms. The van der Waals surface area contributed by atoms with Crippen molar-refractivity contribution in [2.24, 2.45) is 11.8 Å². The minimum atomic E-state index is 0.575. The van der Waals surface area contributed by atoms with Crippen LogP contribution < -0.4 is 5.32 Å². The first-order valence-electron chi connectivity index (χ1n) is 8.14. The van der Waals surface area contributed by atoms with Crippen LogP contribution >= 0.6 is 0 Å². The number of hydrogen-bond donors (Lipinski definition) is 1. The Labute approximate surface area is 123 Å². The molecule has 2 heteroatoms. The highest BCUT2D eigenvalue weighted by Gasteiger charge is 2.35. The van der Waals surface area contributed by atoms with Gasteiger partial charge in [0.05, 0.1) is 0 Å². The van der Waals surface area contributed by atoms with Gasteiger partial charge in [0.2, 0.25) is 0 Å². The van der Waals surface area contributed by atoms with Crippen LogP contribution in [0.5, 0.6) is 0 Å². The van der Waals surface area contributed by atoms with Gasteiger partial charge in [0, 0.05) is 18.6 Å². The number of hydrogen-bond acceptors (Lipinski definition) is 2. The van der Waals surface area contributed by atoms with E-state index in [9.17, 15) is 0 Å². The van der Waals surface area contributed by atoms with Crippen molar-refractivity contribution >= 4 is 0 Å². The molecule has 1 saturated heterocycles. The van der Waals surface area contributed by atoms with E-state index in [0.29, 0.717) is 12.1 Å². The Bertz CT molecular complexity index is 435. The summed E-state index contributed by atoms with van der Waals surface area (Å²) < 4.78 is 0. The Hall–Kier alpha value is -0.860. The quantitative estimate of drug-likeness (QED) is 0.904. The van der Waals surface area contributed by atoms with Gasteiger partial charge in [0.1, 0.15) is 0 Å². The minimum Gasteiger partial charge on any atom is -0.307 e. The van der Waals surface area contributed by atoms with Crippen molar-refractivity contribution in [2.75, 3.05) is 20.1 Å². The molecule has 2 aliphatic rings. The average Bonchev–Trinajstić information content (AvgIpc) is 3.24. The SMILES string of the molecule is Cc1ccc(C(NC2CCN(C)CC2C)C2CC2)cc1. The molecule has 1 aliphatic carbocycles. The van der Waals surface area contributed by atoms with E-state index in [1.165, 1.54) is 43.5 Å². The third kappa shape index (κ3) is 3.24. The molecule has 0 aromatic heterocycles. The summed E-state index contributed by atoms with van der Waals surface area (Å²) in [6.45, 7) is 7.02. The maximum absolute atomic E-state index is 4.00. The molecule has 3 unspecified atom stereocenters. The van der Waals surface area contributed by atoms with Crippen LogP contribution in [-0.2, 0) is 0 Å². The molecule has 110 valence electrons. The van der Waals surface area contributed by atoms with E-state index >= 15 is 0 Å². The molecule has 3 atom stereocenters. The van der Waals surface area contributed by atoms with E-state index < -0.39 is 0 Å². The zero-order valence-corrected chi connectivity index (χ0v) is 13.1. The van der Waals surface area contributed by atoms with Gasteiger partial charge in [-0.15, -0.1) is 0 Å². The molecule has 1 aliphatic heterocycles. The predicted octanol–water partition coefficient (Wildman–Crippen LogP) is 3.38. The van der Waals surface area contributed by atoms with Gasteiger partial charge in [-0.2, -0.15) is 0 Å². The van der Waals surface area contributed by atoms with E-state index in [0.717, 1.165) is 11.8 Å². The molecule has 1 heterocycles. The summed E-state index contributed by atoms with van der Waals surface area (Å²) in [6, 6.07) is 10.4. The monoisotopic (exact) mass is 272 g/mol. The van der Waals surface area contributed by atoms with Crippen LogP contribution in [0.1, 0.15) is 43.4 Å². The first-order valence-corrected chi connectivity index (χ1v) is 8.14. The van der Waals surface area contributed by atoms with Crippen molar-refractivity contribution in [3.05, 3.63) is 35.4 Å². The lowest BCUT2D eigenvalue weighted by atomic mass is 9.91. The van der Waals surface area contributed by atoms with Gasteiger partial charge in [0.25, 0.3) is 0 Å². The smallest absolute Gasteiger partial charge is 0.0351 e. The first-order chi connectivity index (χ1) is 9.63. The van der Waals surface area contributed by atoms with Crippen LogP contribution in [0.15, 0.2) is 24.3 Å². The average molecular weight is 272 g/mol. The van der Waals surface area contributed by atoms with E-state index in [1.54, 1.807) is 0 Å². The molecule has 0 spiro atoms. The van der Waals surface area contributed by atoms with Gasteiger partial charge in [-0.3, -0.25) is 0 Å². The van der Waals surface area contributed by atoms with Crippen LogP contribution in [0.2, 0.25) is 0 Å². The second-order valence-electron chi connectivity index (χ2n) is 7.03. The van der Waals surface area contributed by atoms with Crippen molar-refractivity contribution in [1.82, 2.24) is 10.2 Å². The van der Waals surface area contributed by atoms with Crippen LogP contribution in [-0.4, -0.2) is 31.1 Å². The molecule has 1 aromatic rings. The van der Waals surface area contributed by atoms with E-state index in [-0.39, 0.29) is 0 Å². The number of nitrogens with zero attached hydrogens (tertiary/aromatic N) is 1. The van der Waals surface area contributed by atoms with Crippen LogP contribution in [0.25, 0.3) is 0 Å². The molecule has 1 aromatic carbocycles. The fourth-order valence-corrected chi connectivity index (χ4v) is 3.54. The highest BCUT2D eigenvalue weighted by Crippen LogP contribution is 2.42. The predicted molar refractivity (Wildman–Crippen MR) is 84.8 cm³/mol. The number of rotatable bonds is 4. The van der Waals surface area contributed by atoms with E-state index in [1.807, 2.05) is 0 Å². The van der Waals surface area contributed by atoms with Gasteiger partial charge < -0.3 is 10.2 Å². The van der Waals surface area contributed by atoms with Gasteiger partial charge in [-0.1, -0.05) is 36.8 Å². The lowest BCUT2D eigenvalue weighted by molar-refractivity contribution is 0.163. The number of benzene rings is 1. The Morgan fingerprint density at radius 2 is 1.85 bits per heavy atom. The lowest BCUT2D eigenvalue weighted by Gasteiger charge is -2.38. The Morgan fingerprint density at radius 3 is 2.45 bits per heavy atom. The fraction of sp³-hybridized carbons (Fsp3) is 0.667. The summed E-state index contributed by atoms with van der Waals surface area (Å²) >= 11 is 0. The van der Waals surface area contributed by atoms with E-state index in [2.05, 4.69) is 55.4 Å². The third-order valence-corrected chi connectivity index (χ3v) is 5.03. The van der Waals surface area contributed by atoms with Crippen molar-refractivity contribution < 1.29 is 0 Å². The minimum absolute atomic E-state index is 0.575. The Morgan fingerprint density at radius 1 is 1.15 bits per heavy atom. The highest BCUT2D eigenvalue weighted by atomic mass is 15.1. The summed E-state index contributed by atoms with van der Waals surface area (Å²) in [5.74, 6) is 1.62. The first kappa shape index (κ1) is 14.1. The molecule has 3 rings (SSSR count). The van der Waals surface area contributed by atoms with Crippen LogP contribution in [0, 0.1) is 18.8 Å². The fourth-order valence-electron chi connectivity index (χ4n) is 3.54. The van der Waals surface area contributed by atoms with Crippen LogP contribution in [0.3, 0.4) is 0 Å². The number of piperidine rings is 1. The van der Waals surface area contributed by atoms with Crippen molar-refractivity contribution in [3.63, 3.8) is 0 Å². The third-order valence-electron chi connectivity index (χ3n) is 5.03. The molecule has 0 amide bonds. The lowest BCUT2D eigenvalue weighted by Crippen LogP contribution is -2.48. The molecule has 1 N–H and O–H groups in total. The summed E-state index contributed by atoms with van der Waals surface area (Å²) in [4.78, 5) is 2.46. The van der Waals surface area contributed by atoms with E-state index in [4.69, 9.17) is 0 Å². The molecule has 0 radical (unpaired) electrons. The molecule has 1 saturated carbocycles. The standard InChI is InChI=1S/C18H28N2/c1-13-4-6-15(7-5-13)18(16-8-9-16)19-17-10-11-20(3)12-14(17)2/h4-7,14,16-19H,8-12H2,1-3H3. The maximum atomic E-state index is 4.00. The summed E-state index contributed by atoms with van der Waals surface area (Å²) in [6.07, 6.45) is 4.08. The molecule has 2 nitrogen and oxygen atoms in total. The Kier molecular flexibility index (Phi) is 4.13. The van der Waals surface area contributed by atoms with Crippen molar-refractivity contribution in [1.29, 1.82) is 0 Å². The second-order valence-corrected chi connectivity index (χ2v) is 7.03. The summed E-state index contributed by atoms with van der Waals surface area (Å²) in [5.41, 5.74) is 2.85. The second kappa shape index (κ2) is 5.87. The van der Waals surface area contributed by atoms with Crippen LogP contribution in [0.4, 0.5) is 0 Å².